The van der Waals surface area contributed by atoms with E-state index in [9.17, 15) is 10.1 Å². The van der Waals surface area contributed by atoms with Crippen LogP contribution in [-0.4, -0.2) is 42.2 Å². The van der Waals surface area contributed by atoms with Crippen molar-refractivity contribution >= 4 is 17.3 Å². The highest BCUT2D eigenvalue weighted by Crippen LogP contribution is 2.28. The molecule has 0 aliphatic heterocycles. The number of rotatable bonds is 7. The lowest BCUT2D eigenvalue weighted by molar-refractivity contribution is -0.383. The maximum absolute atomic E-state index is 11.0. The smallest absolute Gasteiger partial charge is 0.353 e. The Labute approximate surface area is 105 Å². The predicted octanol–water partition coefficient (Wildman–Crippen LogP) is 1.12. The Morgan fingerprint density at radius 2 is 2.17 bits per heavy atom. The topological polar surface area (TPSA) is 102 Å². The minimum absolute atomic E-state index is 0.149. The maximum atomic E-state index is 11.0. The van der Waals surface area contributed by atoms with E-state index in [4.69, 9.17) is 4.74 Å². The molecule has 1 aromatic heterocycles. The molecule has 0 saturated carbocycles. The Morgan fingerprint density at radius 1 is 1.50 bits per heavy atom. The van der Waals surface area contributed by atoms with E-state index in [-0.39, 0.29) is 23.2 Å². The van der Waals surface area contributed by atoms with Crippen molar-refractivity contribution in [3.8, 4) is 0 Å². The first-order valence-electron chi connectivity index (χ1n) is 5.50. The summed E-state index contributed by atoms with van der Waals surface area (Å²) in [6, 6.07) is 0. The summed E-state index contributed by atoms with van der Waals surface area (Å²) < 4.78 is 5.00. The van der Waals surface area contributed by atoms with Gasteiger partial charge in [0, 0.05) is 20.7 Å². The molecule has 0 saturated heterocycles. The number of nitrogens with one attached hydrogen (secondary N) is 2. The van der Waals surface area contributed by atoms with Gasteiger partial charge in [-0.1, -0.05) is 6.92 Å². The van der Waals surface area contributed by atoms with Gasteiger partial charge in [-0.15, -0.1) is 0 Å². The van der Waals surface area contributed by atoms with Gasteiger partial charge in [0.25, 0.3) is 0 Å². The van der Waals surface area contributed by atoms with Gasteiger partial charge in [-0.25, -0.2) is 9.97 Å². The van der Waals surface area contributed by atoms with Gasteiger partial charge < -0.3 is 15.4 Å². The molecule has 100 valence electrons. The minimum atomic E-state index is -0.505. The Morgan fingerprint density at radius 3 is 2.72 bits per heavy atom. The lowest BCUT2D eigenvalue weighted by Gasteiger charge is -2.12. The standard InChI is InChI=1S/C10H17N5O3/c1-7(5-18-3)4-12-10-8(15(16)17)9(11-2)13-6-14-10/h6-7H,4-5H2,1-3H3,(H2,11,12,13,14). The van der Waals surface area contributed by atoms with Crippen LogP contribution in [-0.2, 0) is 4.74 Å². The number of ether oxygens (including phenoxy) is 1. The fourth-order valence-corrected chi connectivity index (χ4v) is 1.48. The molecule has 0 radical (unpaired) electrons. The van der Waals surface area contributed by atoms with E-state index in [1.807, 2.05) is 6.92 Å². The second-order valence-electron chi connectivity index (χ2n) is 3.87. The van der Waals surface area contributed by atoms with Crippen molar-refractivity contribution in [2.45, 2.75) is 6.92 Å². The zero-order chi connectivity index (χ0) is 13.5. The largest absolute Gasteiger partial charge is 0.384 e. The van der Waals surface area contributed by atoms with Crippen LogP contribution in [0, 0.1) is 16.0 Å². The van der Waals surface area contributed by atoms with Gasteiger partial charge in [0.15, 0.2) is 0 Å². The highest BCUT2D eigenvalue weighted by molar-refractivity contribution is 5.68. The second-order valence-corrected chi connectivity index (χ2v) is 3.87. The molecule has 0 amide bonds. The van der Waals surface area contributed by atoms with Gasteiger partial charge in [0.1, 0.15) is 6.33 Å². The first-order valence-corrected chi connectivity index (χ1v) is 5.50. The molecule has 1 rings (SSSR count). The van der Waals surface area contributed by atoms with Crippen molar-refractivity contribution in [1.29, 1.82) is 0 Å². The quantitative estimate of drug-likeness (QED) is 0.556. The molecule has 1 aromatic rings. The molecule has 0 aliphatic rings. The molecule has 1 heterocycles. The van der Waals surface area contributed by atoms with E-state index in [0.29, 0.717) is 13.2 Å². The summed E-state index contributed by atoms with van der Waals surface area (Å²) in [6.07, 6.45) is 1.28. The molecule has 2 N–H and O–H groups in total. The zero-order valence-corrected chi connectivity index (χ0v) is 10.6. The van der Waals surface area contributed by atoms with Crippen molar-refractivity contribution < 1.29 is 9.66 Å². The number of hydrogen-bond donors (Lipinski definition) is 2. The molecule has 1 unspecified atom stereocenters. The first kappa shape index (κ1) is 14.1. The van der Waals surface area contributed by atoms with Gasteiger partial charge in [-0.05, 0) is 5.92 Å². The number of anilines is 2. The summed E-state index contributed by atoms with van der Waals surface area (Å²) in [6.45, 7) is 3.09. The van der Waals surface area contributed by atoms with Crippen LogP contribution in [0.1, 0.15) is 6.92 Å². The Kier molecular flexibility index (Phi) is 5.25. The van der Waals surface area contributed by atoms with E-state index in [1.54, 1.807) is 14.2 Å². The van der Waals surface area contributed by atoms with Crippen molar-refractivity contribution in [2.24, 2.45) is 5.92 Å². The summed E-state index contributed by atoms with van der Waals surface area (Å²) in [5, 5.41) is 16.6. The van der Waals surface area contributed by atoms with Gasteiger partial charge in [-0.2, -0.15) is 0 Å². The molecular formula is C10H17N5O3. The summed E-state index contributed by atoms with van der Waals surface area (Å²) in [5.74, 6) is 0.627. The monoisotopic (exact) mass is 255 g/mol. The van der Waals surface area contributed by atoms with Gasteiger partial charge in [-0.3, -0.25) is 10.1 Å². The maximum Gasteiger partial charge on any atom is 0.353 e. The van der Waals surface area contributed by atoms with Crippen LogP contribution < -0.4 is 10.6 Å². The van der Waals surface area contributed by atoms with E-state index < -0.39 is 4.92 Å². The van der Waals surface area contributed by atoms with Crippen LogP contribution in [0.5, 0.6) is 0 Å². The van der Waals surface area contributed by atoms with Crippen molar-refractivity contribution in [3.05, 3.63) is 16.4 Å². The van der Waals surface area contributed by atoms with Crippen LogP contribution in [0.3, 0.4) is 0 Å². The molecule has 1 atom stereocenters. The number of nitrogens with zero attached hydrogens (tertiary/aromatic N) is 3. The third kappa shape index (κ3) is 3.52. The average molecular weight is 255 g/mol. The van der Waals surface area contributed by atoms with E-state index in [1.165, 1.54) is 6.33 Å². The molecule has 0 aliphatic carbocycles. The highest BCUT2D eigenvalue weighted by atomic mass is 16.6. The zero-order valence-electron chi connectivity index (χ0n) is 10.6. The normalized spacial score (nSPS) is 11.9. The number of methoxy groups -OCH3 is 1. The molecule has 0 aromatic carbocycles. The van der Waals surface area contributed by atoms with Crippen LogP contribution in [0.4, 0.5) is 17.3 Å². The number of hydrogen-bond acceptors (Lipinski definition) is 7. The lowest BCUT2D eigenvalue weighted by Crippen LogP contribution is -2.17. The molecule has 18 heavy (non-hydrogen) atoms. The van der Waals surface area contributed by atoms with Crippen LogP contribution in [0.15, 0.2) is 6.33 Å². The molecule has 0 spiro atoms. The highest BCUT2D eigenvalue weighted by Gasteiger charge is 2.22. The van der Waals surface area contributed by atoms with Crippen molar-refractivity contribution in [2.75, 3.05) is 37.9 Å². The van der Waals surface area contributed by atoms with Crippen molar-refractivity contribution in [1.82, 2.24) is 9.97 Å². The summed E-state index contributed by atoms with van der Waals surface area (Å²) in [5.41, 5.74) is -0.149. The van der Waals surface area contributed by atoms with E-state index in [0.717, 1.165) is 0 Å². The molecule has 0 fully saturated rings. The lowest BCUT2D eigenvalue weighted by atomic mass is 10.2. The Balaban J connectivity index is 2.85. The Hall–Kier alpha value is -1.96. The van der Waals surface area contributed by atoms with Crippen LogP contribution in [0.2, 0.25) is 0 Å². The predicted molar refractivity (Wildman–Crippen MR) is 67.8 cm³/mol. The van der Waals surface area contributed by atoms with Gasteiger partial charge in [0.05, 0.1) is 11.5 Å². The van der Waals surface area contributed by atoms with Crippen molar-refractivity contribution in [3.63, 3.8) is 0 Å². The summed E-state index contributed by atoms with van der Waals surface area (Å²) in [7, 11) is 3.19. The van der Waals surface area contributed by atoms with Crippen LogP contribution in [0.25, 0.3) is 0 Å². The fraction of sp³-hybridized carbons (Fsp3) is 0.600. The second kappa shape index (κ2) is 6.70. The average Bonchev–Trinajstić information content (AvgIpc) is 2.35. The Bertz CT molecular complexity index is 412. The van der Waals surface area contributed by atoms with E-state index >= 15 is 0 Å². The minimum Gasteiger partial charge on any atom is -0.384 e. The van der Waals surface area contributed by atoms with Gasteiger partial charge >= 0.3 is 5.69 Å². The van der Waals surface area contributed by atoms with Gasteiger partial charge in [0.2, 0.25) is 11.6 Å². The third-order valence-corrected chi connectivity index (χ3v) is 2.31. The number of aromatic nitrogens is 2. The summed E-state index contributed by atoms with van der Waals surface area (Å²) >= 11 is 0. The van der Waals surface area contributed by atoms with Crippen LogP contribution >= 0.6 is 0 Å². The first-order chi connectivity index (χ1) is 8.60. The van der Waals surface area contributed by atoms with E-state index in [2.05, 4.69) is 20.6 Å². The fourth-order valence-electron chi connectivity index (χ4n) is 1.48. The molecule has 8 heteroatoms. The SMILES string of the molecule is CNc1ncnc(NCC(C)COC)c1[N+](=O)[O-]. The third-order valence-electron chi connectivity index (χ3n) is 2.31. The molecular weight excluding hydrogens is 238 g/mol. The molecule has 0 bridgehead atoms. The summed E-state index contributed by atoms with van der Waals surface area (Å²) in [4.78, 5) is 18.2. The molecule has 8 nitrogen and oxygen atoms in total. The number of nitro groups is 1.